The number of allylic oxidation sites excluding steroid dienone is 1. The number of carbonyl (C=O) groups excluding carboxylic acids is 2. The van der Waals surface area contributed by atoms with Crippen molar-refractivity contribution in [2.45, 2.75) is 47.0 Å². The molecule has 0 N–H and O–H groups in total. The van der Waals surface area contributed by atoms with Crippen LogP contribution in [0.2, 0.25) is 0 Å². The molecule has 0 aliphatic heterocycles. The summed E-state index contributed by atoms with van der Waals surface area (Å²) < 4.78 is 0. The van der Waals surface area contributed by atoms with E-state index in [0.29, 0.717) is 11.1 Å². The first-order valence-corrected chi connectivity index (χ1v) is 7.75. The summed E-state index contributed by atoms with van der Waals surface area (Å²) in [5.41, 5.74) is 4.89. The molecular weight excluding hydrogens is 260 g/mol. The molecule has 2 heteroatoms. The molecule has 0 saturated carbocycles. The minimum Gasteiger partial charge on any atom is -0.285 e. The van der Waals surface area contributed by atoms with E-state index in [4.69, 9.17) is 0 Å². The Labute approximate surface area is 126 Å². The van der Waals surface area contributed by atoms with Crippen molar-refractivity contribution < 1.29 is 9.59 Å². The Hall–Kier alpha value is -1.70. The molecule has 2 aliphatic carbocycles. The summed E-state index contributed by atoms with van der Waals surface area (Å²) in [5, 5.41) is 0. The number of carbonyl (C=O) groups is 2. The second-order valence-electron chi connectivity index (χ2n) is 7.42. The minimum absolute atomic E-state index is 0.0876. The van der Waals surface area contributed by atoms with Gasteiger partial charge in [0.25, 0.3) is 0 Å². The SMILES string of the molecule is CC(C)C1=Cc2ccc3c(c2C(=O)C1=O)CCC(C)(C)C3. The zero-order valence-electron chi connectivity index (χ0n) is 13.2. The van der Waals surface area contributed by atoms with E-state index in [1.165, 1.54) is 5.56 Å². The van der Waals surface area contributed by atoms with E-state index in [1.54, 1.807) is 0 Å². The largest absolute Gasteiger partial charge is 0.285 e. The van der Waals surface area contributed by atoms with Gasteiger partial charge >= 0.3 is 0 Å². The first-order valence-electron chi connectivity index (χ1n) is 7.75. The second kappa shape index (κ2) is 4.66. The molecule has 3 rings (SSSR count). The Morgan fingerprint density at radius 3 is 2.48 bits per heavy atom. The monoisotopic (exact) mass is 282 g/mol. The highest BCUT2D eigenvalue weighted by molar-refractivity contribution is 6.52. The number of hydrogen-bond donors (Lipinski definition) is 0. The number of ketones is 2. The van der Waals surface area contributed by atoms with Crippen LogP contribution in [0, 0.1) is 11.3 Å². The lowest BCUT2D eigenvalue weighted by atomic mass is 9.71. The standard InChI is InChI=1S/C19H22O2/c1-11(2)15-9-12-5-6-13-10-19(3,4)8-7-14(13)16(12)18(21)17(15)20/h5-6,9,11H,7-8,10H2,1-4H3. The Balaban J connectivity index is 2.17. The normalized spacial score (nSPS) is 20.1. The Morgan fingerprint density at radius 2 is 1.81 bits per heavy atom. The Kier molecular flexibility index (Phi) is 3.16. The quantitative estimate of drug-likeness (QED) is 0.729. The van der Waals surface area contributed by atoms with Crippen LogP contribution in [-0.4, -0.2) is 11.6 Å². The van der Waals surface area contributed by atoms with Crippen LogP contribution in [0.5, 0.6) is 0 Å². The lowest BCUT2D eigenvalue weighted by Gasteiger charge is -2.33. The maximum atomic E-state index is 12.6. The number of Topliss-reactive ketones (excluding diaryl/α,β-unsaturated/α-hetero) is 2. The van der Waals surface area contributed by atoms with Crippen LogP contribution < -0.4 is 0 Å². The smallest absolute Gasteiger partial charge is 0.234 e. The van der Waals surface area contributed by atoms with Gasteiger partial charge in [0.2, 0.25) is 11.6 Å². The van der Waals surface area contributed by atoms with Crippen molar-refractivity contribution >= 4 is 17.6 Å². The van der Waals surface area contributed by atoms with E-state index >= 15 is 0 Å². The van der Waals surface area contributed by atoms with Gasteiger partial charge in [-0.1, -0.05) is 39.8 Å². The molecule has 0 fully saturated rings. The average molecular weight is 282 g/mol. The van der Waals surface area contributed by atoms with E-state index in [9.17, 15) is 9.59 Å². The summed E-state index contributed by atoms with van der Waals surface area (Å²) >= 11 is 0. The van der Waals surface area contributed by atoms with E-state index in [1.807, 2.05) is 26.0 Å². The number of rotatable bonds is 1. The summed E-state index contributed by atoms with van der Waals surface area (Å²) in [4.78, 5) is 24.9. The maximum Gasteiger partial charge on any atom is 0.234 e. The molecule has 1 aromatic rings. The van der Waals surface area contributed by atoms with Gasteiger partial charge < -0.3 is 0 Å². The van der Waals surface area contributed by atoms with Crippen LogP contribution in [0.25, 0.3) is 6.08 Å². The summed E-state index contributed by atoms with van der Waals surface area (Å²) in [6.07, 6.45) is 4.87. The fourth-order valence-corrected chi connectivity index (χ4v) is 3.52. The van der Waals surface area contributed by atoms with Crippen LogP contribution in [0.3, 0.4) is 0 Å². The molecule has 0 aromatic heterocycles. The first kappa shape index (κ1) is 14.2. The number of fused-ring (bicyclic) bond motifs is 3. The van der Waals surface area contributed by atoms with E-state index < -0.39 is 0 Å². The van der Waals surface area contributed by atoms with Gasteiger partial charge in [-0.25, -0.2) is 0 Å². The Morgan fingerprint density at radius 1 is 1.10 bits per heavy atom. The molecule has 0 unspecified atom stereocenters. The number of benzene rings is 1. The van der Waals surface area contributed by atoms with Crippen molar-refractivity contribution in [2.75, 3.05) is 0 Å². The van der Waals surface area contributed by atoms with Crippen molar-refractivity contribution in [3.63, 3.8) is 0 Å². The van der Waals surface area contributed by atoms with Gasteiger partial charge in [0.15, 0.2) is 0 Å². The Bertz CT molecular complexity index is 675. The zero-order chi connectivity index (χ0) is 15.4. The predicted octanol–water partition coefficient (Wildman–Crippen LogP) is 4.01. The lowest BCUT2D eigenvalue weighted by molar-refractivity contribution is -0.112. The fraction of sp³-hybridized carbons (Fsp3) is 0.474. The maximum absolute atomic E-state index is 12.6. The van der Waals surface area contributed by atoms with Crippen molar-refractivity contribution in [3.8, 4) is 0 Å². The van der Waals surface area contributed by atoms with Crippen molar-refractivity contribution in [3.05, 3.63) is 40.0 Å². The molecule has 1 aromatic carbocycles. The number of hydrogen-bond acceptors (Lipinski definition) is 2. The summed E-state index contributed by atoms with van der Waals surface area (Å²) in [6.45, 7) is 8.45. The molecular formula is C19H22O2. The van der Waals surface area contributed by atoms with Gasteiger partial charge in [-0.05, 0) is 53.4 Å². The van der Waals surface area contributed by atoms with Gasteiger partial charge in [-0.2, -0.15) is 0 Å². The van der Waals surface area contributed by atoms with Crippen molar-refractivity contribution in [1.82, 2.24) is 0 Å². The molecule has 110 valence electrons. The predicted molar refractivity (Wildman–Crippen MR) is 84.4 cm³/mol. The molecule has 2 aliphatic rings. The van der Waals surface area contributed by atoms with Crippen LogP contribution in [-0.2, 0) is 17.6 Å². The molecule has 0 heterocycles. The van der Waals surface area contributed by atoms with Gasteiger partial charge in [0, 0.05) is 11.1 Å². The summed E-state index contributed by atoms with van der Waals surface area (Å²) in [6, 6.07) is 4.16. The first-order chi connectivity index (χ1) is 9.80. The topological polar surface area (TPSA) is 34.1 Å². The van der Waals surface area contributed by atoms with Gasteiger partial charge in [0.05, 0.1) is 0 Å². The third kappa shape index (κ3) is 2.27. The molecule has 0 radical (unpaired) electrons. The van der Waals surface area contributed by atoms with E-state index in [0.717, 1.165) is 30.4 Å². The third-order valence-electron chi connectivity index (χ3n) is 4.79. The molecule has 0 saturated heterocycles. The van der Waals surface area contributed by atoms with Crippen LogP contribution >= 0.6 is 0 Å². The van der Waals surface area contributed by atoms with Crippen molar-refractivity contribution in [1.29, 1.82) is 0 Å². The highest BCUT2D eigenvalue weighted by Gasteiger charge is 2.34. The second-order valence-corrected chi connectivity index (χ2v) is 7.42. The lowest BCUT2D eigenvalue weighted by Crippen LogP contribution is -2.29. The molecule has 0 spiro atoms. The molecule has 2 nitrogen and oxygen atoms in total. The molecule has 0 bridgehead atoms. The fourth-order valence-electron chi connectivity index (χ4n) is 3.52. The van der Waals surface area contributed by atoms with Crippen molar-refractivity contribution in [2.24, 2.45) is 11.3 Å². The van der Waals surface area contributed by atoms with Gasteiger partial charge in [0.1, 0.15) is 0 Å². The minimum atomic E-state index is -0.310. The van der Waals surface area contributed by atoms with E-state index in [-0.39, 0.29) is 22.9 Å². The summed E-state index contributed by atoms with van der Waals surface area (Å²) in [5.74, 6) is -0.520. The summed E-state index contributed by atoms with van der Waals surface area (Å²) in [7, 11) is 0. The average Bonchev–Trinajstić information content (AvgIpc) is 2.40. The highest BCUT2D eigenvalue weighted by atomic mass is 16.2. The highest BCUT2D eigenvalue weighted by Crippen LogP contribution is 2.39. The molecule has 21 heavy (non-hydrogen) atoms. The van der Waals surface area contributed by atoms with Crippen LogP contribution in [0.4, 0.5) is 0 Å². The third-order valence-corrected chi connectivity index (χ3v) is 4.79. The zero-order valence-corrected chi connectivity index (χ0v) is 13.2. The van der Waals surface area contributed by atoms with Gasteiger partial charge in [-0.15, -0.1) is 0 Å². The molecule has 0 amide bonds. The molecule has 0 atom stereocenters. The van der Waals surface area contributed by atoms with Crippen LogP contribution in [0.1, 0.15) is 61.2 Å². The van der Waals surface area contributed by atoms with E-state index in [2.05, 4.69) is 19.9 Å². The van der Waals surface area contributed by atoms with Gasteiger partial charge in [-0.3, -0.25) is 9.59 Å². The van der Waals surface area contributed by atoms with Crippen LogP contribution in [0.15, 0.2) is 17.7 Å².